The van der Waals surface area contributed by atoms with Gasteiger partial charge in [-0.2, -0.15) is 0 Å². The third kappa shape index (κ3) is 54.2. The minimum atomic E-state index is -4.45. The van der Waals surface area contributed by atoms with Gasteiger partial charge in [0.05, 0.1) is 33.8 Å². The summed E-state index contributed by atoms with van der Waals surface area (Å²) in [4.78, 5) is 37.7. The van der Waals surface area contributed by atoms with Gasteiger partial charge in [0.25, 0.3) is 0 Å². The van der Waals surface area contributed by atoms with Crippen molar-refractivity contribution in [1.29, 1.82) is 0 Å². The Morgan fingerprint density at radius 1 is 0.486 bits per heavy atom. The van der Waals surface area contributed by atoms with Gasteiger partial charge >= 0.3 is 13.8 Å². The molecule has 0 saturated heterocycles. The minimum absolute atomic E-state index is 0.0351. The molecule has 74 heavy (non-hydrogen) atoms. The zero-order valence-electron chi connectivity index (χ0n) is 49.1. The summed E-state index contributed by atoms with van der Waals surface area (Å²) in [6, 6.07) is -0.857. The van der Waals surface area contributed by atoms with E-state index in [0.29, 0.717) is 17.4 Å². The number of nitrogens with zero attached hydrogens (tertiary/aromatic N) is 1. The molecule has 10 heteroatoms. The highest BCUT2D eigenvalue weighted by atomic mass is 31.2. The number of hydrogen-bond donors (Lipinski definition) is 2. The first-order valence-corrected chi connectivity index (χ1v) is 32.3. The van der Waals surface area contributed by atoms with Crippen molar-refractivity contribution in [3.8, 4) is 0 Å². The lowest BCUT2D eigenvalue weighted by Gasteiger charge is -2.27. The van der Waals surface area contributed by atoms with Gasteiger partial charge in [-0.05, 0) is 96.0 Å². The lowest BCUT2D eigenvalue weighted by atomic mass is 10.0. The molecule has 0 aromatic rings. The lowest BCUT2D eigenvalue weighted by molar-refractivity contribution is -0.870. The van der Waals surface area contributed by atoms with Gasteiger partial charge in [-0.3, -0.25) is 18.6 Å². The molecule has 0 rings (SSSR count). The molecule has 1 amide bonds. The van der Waals surface area contributed by atoms with E-state index in [2.05, 4.69) is 86.8 Å². The molecule has 430 valence electrons. The number of likely N-dealkylation sites (N-methyl/N-ethyl adjacent to an activating group) is 1. The number of rotatable bonds is 55. The Hall–Kier alpha value is -2.55. The van der Waals surface area contributed by atoms with E-state index in [1.165, 1.54) is 128 Å². The number of hydrogen-bond acceptors (Lipinski definition) is 6. The minimum Gasteiger partial charge on any atom is -0.456 e. The summed E-state index contributed by atoms with van der Waals surface area (Å²) in [6.45, 7) is 6.88. The smallest absolute Gasteiger partial charge is 0.456 e. The second-order valence-electron chi connectivity index (χ2n) is 21.8. The Bertz CT molecular complexity index is 1500. The summed E-state index contributed by atoms with van der Waals surface area (Å²) < 4.78 is 30.7. The van der Waals surface area contributed by atoms with Crippen molar-refractivity contribution in [3.05, 3.63) is 72.9 Å². The molecule has 3 atom stereocenters. The molecule has 0 aromatic heterocycles. The van der Waals surface area contributed by atoms with Gasteiger partial charge in [0.15, 0.2) is 0 Å². The van der Waals surface area contributed by atoms with Gasteiger partial charge in [0, 0.05) is 12.8 Å². The van der Waals surface area contributed by atoms with E-state index < -0.39 is 20.0 Å². The van der Waals surface area contributed by atoms with Crippen LogP contribution in [0.5, 0.6) is 0 Å². The number of amides is 1. The van der Waals surface area contributed by atoms with Crippen LogP contribution in [0.4, 0.5) is 0 Å². The third-order valence-corrected chi connectivity index (χ3v) is 14.4. The Morgan fingerprint density at radius 2 is 0.865 bits per heavy atom. The summed E-state index contributed by atoms with van der Waals surface area (Å²) in [6.07, 6.45) is 68.9. The Labute approximate surface area is 457 Å². The van der Waals surface area contributed by atoms with Gasteiger partial charge < -0.3 is 19.4 Å². The highest BCUT2D eigenvalue weighted by Gasteiger charge is 2.30. The molecule has 0 aliphatic rings. The van der Waals surface area contributed by atoms with Crippen molar-refractivity contribution in [1.82, 2.24) is 5.32 Å². The first-order chi connectivity index (χ1) is 35.9. The highest BCUT2D eigenvalue weighted by molar-refractivity contribution is 7.47. The molecule has 0 radical (unpaired) electrons. The molecule has 0 aliphatic heterocycles. The molecule has 0 aromatic carbocycles. The van der Waals surface area contributed by atoms with Gasteiger partial charge in [-0.1, -0.05) is 235 Å². The van der Waals surface area contributed by atoms with Crippen LogP contribution < -0.4 is 5.32 Å². The van der Waals surface area contributed by atoms with Crippen LogP contribution in [-0.4, -0.2) is 74.3 Å². The maximum absolute atomic E-state index is 13.5. The van der Waals surface area contributed by atoms with E-state index in [-0.39, 0.29) is 31.5 Å². The largest absolute Gasteiger partial charge is 0.472 e. The molecule has 2 N–H and O–H groups in total. The molecule has 0 bridgehead atoms. The van der Waals surface area contributed by atoms with Crippen LogP contribution in [-0.2, 0) is 27.9 Å². The molecular weight excluding hydrogens is 940 g/mol. The number of unbranched alkanes of at least 4 members (excludes halogenated alkanes) is 29. The predicted molar refractivity (Wildman–Crippen MR) is 318 cm³/mol. The maximum atomic E-state index is 13.5. The van der Waals surface area contributed by atoms with Crippen molar-refractivity contribution in [3.63, 3.8) is 0 Å². The zero-order chi connectivity index (χ0) is 54.3. The summed E-state index contributed by atoms with van der Waals surface area (Å²) in [7, 11) is 1.48. The standard InChI is InChI=1S/C64H117N2O7P/c1-7-10-13-16-19-22-25-28-30-31-32-33-34-35-36-39-42-45-48-51-54-57-64(68)73-62(55-52-49-46-43-40-37-27-24-21-18-15-12-9-3)61(60-72-74(69,70)71-59-58-66(4,5)6)65-63(67)56-53-50-47-44-41-38-29-26-23-20-17-14-11-8-2/h11,14,19-20,22-23,28,30,32-33,52,55,61-62H,7-10,12-13,15-18,21,24-27,29,31,34-51,53-54,56-60H2,1-6H3,(H-,65,67,69,70)/p+1/b14-11+,22-19-,23-20+,30-28-,33-32-,55-52-. The van der Waals surface area contributed by atoms with Gasteiger partial charge in [-0.15, -0.1) is 0 Å². The average molecular weight is 1060 g/mol. The first-order valence-electron chi connectivity index (χ1n) is 30.8. The molecule has 0 saturated carbocycles. The average Bonchev–Trinajstić information content (AvgIpc) is 3.36. The third-order valence-electron chi connectivity index (χ3n) is 13.4. The number of carbonyl (C=O) groups is 2. The molecule has 0 spiro atoms. The first kappa shape index (κ1) is 71.5. The molecule has 9 nitrogen and oxygen atoms in total. The SMILES string of the molecule is CC/C=C/C/C=C/CCCCCCCCCC(=O)NC(COP(=O)(O)OCC[N+](C)(C)C)C(/C=C\CCCCCCCCCCCCC)OC(=O)CCCCCCCCCC/C=C\C/C=C\C/C=C\CCCCC. The molecule has 0 aliphatic carbocycles. The van der Waals surface area contributed by atoms with Crippen LogP contribution in [0.1, 0.15) is 271 Å². The highest BCUT2D eigenvalue weighted by Crippen LogP contribution is 2.43. The van der Waals surface area contributed by atoms with Crippen LogP contribution in [0.3, 0.4) is 0 Å². The van der Waals surface area contributed by atoms with Crippen molar-refractivity contribution in [2.45, 2.75) is 283 Å². The van der Waals surface area contributed by atoms with Crippen LogP contribution in [0.2, 0.25) is 0 Å². The molecule has 0 heterocycles. The second-order valence-corrected chi connectivity index (χ2v) is 23.3. The fourth-order valence-electron chi connectivity index (χ4n) is 8.63. The number of phosphoric ester groups is 1. The molecular formula is C64H118N2O7P+. The predicted octanol–water partition coefficient (Wildman–Crippen LogP) is 18.8. The number of phosphoric acid groups is 1. The van der Waals surface area contributed by atoms with Crippen molar-refractivity contribution in [2.75, 3.05) is 40.9 Å². The van der Waals surface area contributed by atoms with E-state index in [4.69, 9.17) is 13.8 Å². The number of ether oxygens (including phenoxy) is 1. The summed E-state index contributed by atoms with van der Waals surface area (Å²) >= 11 is 0. The van der Waals surface area contributed by atoms with E-state index in [9.17, 15) is 19.0 Å². The summed E-state index contributed by atoms with van der Waals surface area (Å²) in [5, 5.41) is 3.05. The number of esters is 1. The number of carbonyl (C=O) groups excluding carboxylic acids is 2. The van der Waals surface area contributed by atoms with Crippen molar-refractivity contribution >= 4 is 19.7 Å². The number of quaternary nitrogens is 1. The molecule has 0 fully saturated rings. The van der Waals surface area contributed by atoms with Crippen LogP contribution in [0, 0.1) is 0 Å². The topological polar surface area (TPSA) is 111 Å². The van der Waals surface area contributed by atoms with E-state index in [1.807, 2.05) is 33.3 Å². The molecule has 3 unspecified atom stereocenters. The van der Waals surface area contributed by atoms with E-state index >= 15 is 0 Å². The Morgan fingerprint density at radius 3 is 1.32 bits per heavy atom. The maximum Gasteiger partial charge on any atom is 0.472 e. The number of allylic oxidation sites excluding steroid dienone is 11. The summed E-state index contributed by atoms with van der Waals surface area (Å²) in [5.74, 6) is -0.521. The van der Waals surface area contributed by atoms with Gasteiger partial charge in [0.1, 0.15) is 19.3 Å². The number of nitrogens with one attached hydrogen (secondary N) is 1. The Kier molecular flexibility index (Phi) is 52.0. The monoisotopic (exact) mass is 1060 g/mol. The van der Waals surface area contributed by atoms with Crippen LogP contribution >= 0.6 is 7.82 Å². The van der Waals surface area contributed by atoms with Gasteiger partial charge in [0.2, 0.25) is 5.91 Å². The second kappa shape index (κ2) is 53.8. The van der Waals surface area contributed by atoms with Gasteiger partial charge in [-0.25, -0.2) is 4.57 Å². The van der Waals surface area contributed by atoms with Crippen LogP contribution in [0.25, 0.3) is 0 Å². The zero-order valence-corrected chi connectivity index (χ0v) is 50.0. The fraction of sp³-hybridized carbons (Fsp3) is 0.781. The lowest BCUT2D eigenvalue weighted by Crippen LogP contribution is -2.47. The quantitative estimate of drug-likeness (QED) is 0.0205. The van der Waals surface area contributed by atoms with Crippen molar-refractivity contribution in [2.24, 2.45) is 0 Å². The van der Waals surface area contributed by atoms with Crippen molar-refractivity contribution < 1.29 is 37.3 Å². The normalized spacial score (nSPS) is 14.2. The Balaban J connectivity index is 5.28. The summed E-state index contributed by atoms with van der Waals surface area (Å²) in [5.41, 5.74) is 0. The fourth-order valence-corrected chi connectivity index (χ4v) is 9.37. The van der Waals surface area contributed by atoms with Crippen LogP contribution in [0.15, 0.2) is 72.9 Å². The van der Waals surface area contributed by atoms with E-state index in [1.54, 1.807) is 0 Å². The van der Waals surface area contributed by atoms with E-state index in [0.717, 1.165) is 109 Å².